The molecule has 1 aliphatic carbocycles. The number of rotatable bonds is 7. The molecule has 2 aliphatic rings. The van der Waals surface area contributed by atoms with Crippen molar-refractivity contribution in [2.24, 2.45) is 11.7 Å². The van der Waals surface area contributed by atoms with E-state index in [0.29, 0.717) is 25.3 Å². The summed E-state index contributed by atoms with van der Waals surface area (Å²) in [6.45, 7) is 6.54. The van der Waals surface area contributed by atoms with Crippen LogP contribution in [0.1, 0.15) is 59.3 Å². The standard InChI is InChI=1S/C17H30N4O3/c1-12(2)10-16(3,11-18)19-13(22)6-9-21-14(23)17(20-15(21)24)7-4-5-8-17/h12H,4-11,18H2,1-3H3,(H,19,22)(H,20,24). The molecule has 0 aromatic heterocycles. The van der Waals surface area contributed by atoms with E-state index in [1.165, 1.54) is 4.90 Å². The van der Waals surface area contributed by atoms with Crippen molar-refractivity contribution < 1.29 is 14.4 Å². The van der Waals surface area contributed by atoms with E-state index in [2.05, 4.69) is 24.5 Å². The van der Waals surface area contributed by atoms with Crippen LogP contribution in [-0.4, -0.2) is 46.9 Å². The predicted octanol–water partition coefficient (Wildman–Crippen LogP) is 1.12. The Morgan fingerprint density at radius 2 is 2.00 bits per heavy atom. The van der Waals surface area contributed by atoms with Gasteiger partial charge in [-0.15, -0.1) is 0 Å². The second kappa shape index (κ2) is 7.09. The molecule has 1 saturated carbocycles. The first-order chi connectivity index (χ1) is 11.2. The summed E-state index contributed by atoms with van der Waals surface area (Å²) in [5.74, 6) is 0.0464. The Morgan fingerprint density at radius 3 is 2.54 bits per heavy atom. The van der Waals surface area contributed by atoms with Crippen molar-refractivity contribution in [3.63, 3.8) is 0 Å². The predicted molar refractivity (Wildman–Crippen MR) is 91.1 cm³/mol. The second-order valence-electron chi connectivity index (χ2n) is 7.84. The maximum atomic E-state index is 12.5. The molecule has 7 heteroatoms. The second-order valence-corrected chi connectivity index (χ2v) is 7.84. The zero-order chi connectivity index (χ0) is 18.0. The van der Waals surface area contributed by atoms with Crippen molar-refractivity contribution in [3.05, 3.63) is 0 Å². The van der Waals surface area contributed by atoms with E-state index in [1.54, 1.807) is 0 Å². The van der Waals surface area contributed by atoms with Crippen LogP contribution < -0.4 is 16.4 Å². The average molecular weight is 338 g/mol. The van der Waals surface area contributed by atoms with E-state index < -0.39 is 11.1 Å². The number of nitrogens with one attached hydrogen (secondary N) is 2. The number of hydrogen-bond donors (Lipinski definition) is 3. The molecule has 7 nitrogen and oxygen atoms in total. The Labute approximate surface area is 143 Å². The number of imide groups is 1. The molecule has 0 radical (unpaired) electrons. The Kier molecular flexibility index (Phi) is 5.52. The van der Waals surface area contributed by atoms with Gasteiger partial charge >= 0.3 is 6.03 Å². The lowest BCUT2D eigenvalue weighted by atomic mass is 9.90. The quantitative estimate of drug-likeness (QED) is 0.605. The average Bonchev–Trinajstić information content (AvgIpc) is 3.03. The molecule has 4 amide bonds. The normalized spacial score (nSPS) is 22.1. The molecule has 1 aliphatic heterocycles. The van der Waals surface area contributed by atoms with E-state index in [0.717, 1.165) is 19.3 Å². The van der Waals surface area contributed by atoms with Crippen LogP contribution in [0.3, 0.4) is 0 Å². The molecule has 1 heterocycles. The molecule has 24 heavy (non-hydrogen) atoms. The van der Waals surface area contributed by atoms with Crippen LogP contribution in [0.2, 0.25) is 0 Å². The maximum Gasteiger partial charge on any atom is 0.325 e. The van der Waals surface area contributed by atoms with Crippen LogP contribution in [0, 0.1) is 5.92 Å². The summed E-state index contributed by atoms with van der Waals surface area (Å²) in [5, 5.41) is 5.78. The van der Waals surface area contributed by atoms with Crippen molar-refractivity contribution in [3.8, 4) is 0 Å². The summed E-state index contributed by atoms with van der Waals surface area (Å²) in [7, 11) is 0. The summed E-state index contributed by atoms with van der Waals surface area (Å²) in [4.78, 5) is 38.1. The Balaban J connectivity index is 1.89. The van der Waals surface area contributed by atoms with Crippen molar-refractivity contribution in [1.29, 1.82) is 0 Å². The van der Waals surface area contributed by atoms with E-state index in [9.17, 15) is 14.4 Å². The maximum absolute atomic E-state index is 12.5. The van der Waals surface area contributed by atoms with Crippen LogP contribution >= 0.6 is 0 Å². The number of amides is 4. The van der Waals surface area contributed by atoms with Crippen molar-refractivity contribution in [2.75, 3.05) is 13.1 Å². The van der Waals surface area contributed by atoms with E-state index in [4.69, 9.17) is 5.73 Å². The zero-order valence-electron chi connectivity index (χ0n) is 15.0. The van der Waals surface area contributed by atoms with Gasteiger partial charge in [-0.3, -0.25) is 14.5 Å². The molecule has 4 N–H and O–H groups in total. The number of nitrogens with two attached hydrogens (primary N) is 1. The first-order valence-corrected chi connectivity index (χ1v) is 8.86. The first-order valence-electron chi connectivity index (χ1n) is 8.86. The number of carbonyl (C=O) groups excluding carboxylic acids is 3. The van der Waals surface area contributed by atoms with E-state index in [-0.39, 0.29) is 30.8 Å². The Morgan fingerprint density at radius 1 is 1.38 bits per heavy atom. The molecule has 1 spiro atoms. The minimum absolute atomic E-state index is 0.100. The fourth-order valence-electron chi connectivity index (χ4n) is 3.90. The van der Waals surface area contributed by atoms with Gasteiger partial charge in [0.05, 0.1) is 0 Å². The van der Waals surface area contributed by atoms with E-state index in [1.807, 2.05) is 6.92 Å². The van der Waals surface area contributed by atoms with Crippen molar-refractivity contribution in [2.45, 2.75) is 70.4 Å². The number of carbonyl (C=O) groups is 3. The lowest BCUT2D eigenvalue weighted by Crippen LogP contribution is -2.52. The van der Waals surface area contributed by atoms with Gasteiger partial charge in [-0.05, 0) is 32.1 Å². The molecular formula is C17H30N4O3. The highest BCUT2D eigenvalue weighted by molar-refractivity contribution is 6.07. The SMILES string of the molecule is CC(C)CC(C)(CN)NC(=O)CCN1C(=O)NC2(CCCC2)C1=O. The van der Waals surface area contributed by atoms with Crippen LogP contribution in [0.15, 0.2) is 0 Å². The minimum Gasteiger partial charge on any atom is -0.350 e. The molecule has 1 unspecified atom stereocenters. The summed E-state index contributed by atoms with van der Waals surface area (Å²) in [5.41, 5.74) is 4.63. The molecule has 0 aromatic rings. The van der Waals surface area contributed by atoms with Gasteiger partial charge in [0.15, 0.2) is 0 Å². The van der Waals surface area contributed by atoms with Gasteiger partial charge in [-0.1, -0.05) is 26.7 Å². The Bertz CT molecular complexity index is 514. The van der Waals surface area contributed by atoms with Gasteiger partial charge in [-0.25, -0.2) is 4.79 Å². The van der Waals surface area contributed by atoms with Gasteiger partial charge in [-0.2, -0.15) is 0 Å². The lowest BCUT2D eigenvalue weighted by Gasteiger charge is -2.31. The number of nitrogens with zero attached hydrogens (tertiary/aromatic N) is 1. The largest absolute Gasteiger partial charge is 0.350 e. The van der Waals surface area contributed by atoms with Gasteiger partial charge in [0, 0.05) is 25.0 Å². The number of urea groups is 1. The van der Waals surface area contributed by atoms with Crippen molar-refractivity contribution >= 4 is 17.8 Å². The topological polar surface area (TPSA) is 105 Å². The summed E-state index contributed by atoms with van der Waals surface area (Å²) < 4.78 is 0. The molecule has 1 atom stereocenters. The highest BCUT2D eigenvalue weighted by atomic mass is 16.2. The summed E-state index contributed by atoms with van der Waals surface area (Å²) in [6.07, 6.45) is 4.17. The molecule has 1 saturated heterocycles. The molecular weight excluding hydrogens is 308 g/mol. The summed E-state index contributed by atoms with van der Waals surface area (Å²) in [6, 6.07) is -0.376. The zero-order valence-corrected chi connectivity index (χ0v) is 15.0. The van der Waals surface area contributed by atoms with Crippen LogP contribution in [0.25, 0.3) is 0 Å². The Hall–Kier alpha value is -1.63. The fraction of sp³-hybridized carbons (Fsp3) is 0.824. The van der Waals surface area contributed by atoms with Crippen molar-refractivity contribution in [1.82, 2.24) is 15.5 Å². The van der Waals surface area contributed by atoms with Crippen LogP contribution in [-0.2, 0) is 9.59 Å². The van der Waals surface area contributed by atoms with Crippen LogP contribution in [0.4, 0.5) is 4.79 Å². The van der Waals surface area contributed by atoms with E-state index >= 15 is 0 Å². The van der Waals surface area contributed by atoms with Gasteiger partial charge in [0.2, 0.25) is 5.91 Å². The number of hydrogen-bond acceptors (Lipinski definition) is 4. The van der Waals surface area contributed by atoms with Crippen LogP contribution in [0.5, 0.6) is 0 Å². The fourth-order valence-corrected chi connectivity index (χ4v) is 3.90. The highest BCUT2D eigenvalue weighted by Gasteiger charge is 2.52. The molecule has 136 valence electrons. The molecule has 0 aromatic carbocycles. The van der Waals surface area contributed by atoms with Gasteiger partial charge < -0.3 is 16.4 Å². The third-order valence-electron chi connectivity index (χ3n) is 5.02. The minimum atomic E-state index is -0.711. The smallest absolute Gasteiger partial charge is 0.325 e. The monoisotopic (exact) mass is 338 g/mol. The molecule has 2 rings (SSSR count). The summed E-state index contributed by atoms with van der Waals surface area (Å²) >= 11 is 0. The molecule has 2 fully saturated rings. The molecule has 0 bridgehead atoms. The lowest BCUT2D eigenvalue weighted by molar-refractivity contribution is -0.131. The third-order valence-corrected chi connectivity index (χ3v) is 5.02. The van der Waals surface area contributed by atoms with Gasteiger partial charge in [0.25, 0.3) is 5.91 Å². The first kappa shape index (κ1) is 18.7. The highest BCUT2D eigenvalue weighted by Crippen LogP contribution is 2.35. The third kappa shape index (κ3) is 3.88. The van der Waals surface area contributed by atoms with Gasteiger partial charge in [0.1, 0.15) is 5.54 Å².